The van der Waals surface area contributed by atoms with Crippen molar-refractivity contribution in [1.29, 1.82) is 0 Å². The summed E-state index contributed by atoms with van der Waals surface area (Å²) in [6, 6.07) is 0.509. The monoisotopic (exact) mass is 172 g/mol. The average Bonchev–Trinajstić information content (AvgIpc) is 1.82. The van der Waals surface area contributed by atoms with Crippen LogP contribution in [0.1, 0.15) is 6.92 Å². The van der Waals surface area contributed by atoms with Crippen molar-refractivity contribution in [3.05, 3.63) is 0 Å². The van der Waals surface area contributed by atoms with Crippen molar-refractivity contribution in [1.82, 2.24) is 10.2 Å². The molecule has 0 aromatic rings. The first-order valence-electron chi connectivity index (χ1n) is 4.30. The van der Waals surface area contributed by atoms with Crippen LogP contribution in [-0.4, -0.2) is 50.2 Å². The van der Waals surface area contributed by atoms with Gasteiger partial charge in [-0.25, -0.2) is 0 Å². The maximum absolute atomic E-state index is 11.0. The highest BCUT2D eigenvalue weighted by atomic mass is 16.5. The molecule has 0 aromatic carbocycles. The zero-order valence-corrected chi connectivity index (χ0v) is 7.67. The number of ether oxygens (including phenoxy) is 1. The Hall–Kier alpha value is -0.610. The lowest BCUT2D eigenvalue weighted by Gasteiger charge is -2.34. The van der Waals surface area contributed by atoms with E-state index in [0.717, 1.165) is 13.1 Å². The van der Waals surface area contributed by atoms with E-state index >= 15 is 0 Å². The number of nitrogens with one attached hydrogen (secondary N) is 1. The summed E-state index contributed by atoms with van der Waals surface area (Å²) in [5.41, 5.74) is 0. The molecule has 1 fully saturated rings. The topological polar surface area (TPSA) is 41.6 Å². The quantitative estimate of drug-likeness (QED) is 0.578. The minimum absolute atomic E-state index is 0.132. The molecular formula is C8H16N2O2. The van der Waals surface area contributed by atoms with Crippen molar-refractivity contribution in [3.63, 3.8) is 0 Å². The summed E-state index contributed by atoms with van der Waals surface area (Å²) in [5.74, 6) is -0.132. The van der Waals surface area contributed by atoms with Gasteiger partial charge in [0, 0.05) is 19.1 Å². The number of hydrogen-bond acceptors (Lipinski definition) is 4. The molecule has 12 heavy (non-hydrogen) atoms. The lowest BCUT2D eigenvalue weighted by Crippen LogP contribution is -2.56. The molecule has 70 valence electrons. The standard InChI is InChI=1S/C8H16N2O2/c1-3-12-8(11)6-10(2)7-4-9-5-7/h7,9H,3-6H2,1-2H3. The number of carbonyl (C=O) groups is 1. The lowest BCUT2D eigenvalue weighted by molar-refractivity contribution is -0.144. The second-order valence-electron chi connectivity index (χ2n) is 3.03. The molecule has 0 aliphatic carbocycles. The van der Waals surface area contributed by atoms with Gasteiger partial charge in [0.1, 0.15) is 0 Å². The normalized spacial score (nSPS) is 17.6. The first-order chi connectivity index (χ1) is 5.74. The van der Waals surface area contributed by atoms with Gasteiger partial charge in [0.25, 0.3) is 0 Å². The Morgan fingerprint density at radius 3 is 2.75 bits per heavy atom. The fourth-order valence-electron chi connectivity index (χ4n) is 1.12. The Labute approximate surface area is 72.9 Å². The zero-order valence-electron chi connectivity index (χ0n) is 7.67. The molecule has 0 unspecified atom stereocenters. The largest absolute Gasteiger partial charge is 0.465 e. The van der Waals surface area contributed by atoms with E-state index in [2.05, 4.69) is 5.32 Å². The summed E-state index contributed by atoms with van der Waals surface area (Å²) >= 11 is 0. The van der Waals surface area contributed by atoms with Crippen LogP contribution in [0.3, 0.4) is 0 Å². The molecule has 0 aromatic heterocycles. The van der Waals surface area contributed by atoms with Crippen LogP contribution >= 0.6 is 0 Å². The van der Waals surface area contributed by atoms with E-state index in [0.29, 0.717) is 19.2 Å². The number of esters is 1. The fourth-order valence-corrected chi connectivity index (χ4v) is 1.12. The van der Waals surface area contributed by atoms with Crippen molar-refractivity contribution in [2.75, 3.05) is 33.3 Å². The summed E-state index contributed by atoms with van der Waals surface area (Å²) in [7, 11) is 1.95. The van der Waals surface area contributed by atoms with Crippen LogP contribution in [0.4, 0.5) is 0 Å². The lowest BCUT2D eigenvalue weighted by atomic mass is 10.1. The van der Waals surface area contributed by atoms with Gasteiger partial charge in [-0.15, -0.1) is 0 Å². The van der Waals surface area contributed by atoms with Crippen LogP contribution < -0.4 is 5.32 Å². The van der Waals surface area contributed by atoms with Crippen LogP contribution in [0.2, 0.25) is 0 Å². The number of rotatable bonds is 4. The highest BCUT2D eigenvalue weighted by Gasteiger charge is 2.22. The predicted molar refractivity (Wildman–Crippen MR) is 45.9 cm³/mol. The number of hydrogen-bond donors (Lipinski definition) is 1. The summed E-state index contributed by atoms with van der Waals surface area (Å²) in [6.45, 7) is 4.66. The summed E-state index contributed by atoms with van der Waals surface area (Å²) < 4.78 is 4.83. The van der Waals surface area contributed by atoms with Gasteiger partial charge in [-0.1, -0.05) is 0 Å². The maximum atomic E-state index is 11.0. The molecule has 1 N–H and O–H groups in total. The van der Waals surface area contributed by atoms with E-state index in [1.807, 2.05) is 18.9 Å². The predicted octanol–water partition coefficient (Wildman–Crippen LogP) is -0.547. The zero-order chi connectivity index (χ0) is 8.97. The minimum Gasteiger partial charge on any atom is -0.465 e. The van der Waals surface area contributed by atoms with Gasteiger partial charge in [0.2, 0.25) is 0 Å². The average molecular weight is 172 g/mol. The molecule has 0 saturated carbocycles. The van der Waals surface area contributed by atoms with Gasteiger partial charge in [0.05, 0.1) is 13.2 Å². The molecule has 1 saturated heterocycles. The minimum atomic E-state index is -0.132. The van der Waals surface area contributed by atoms with Crippen LogP contribution in [-0.2, 0) is 9.53 Å². The smallest absolute Gasteiger partial charge is 0.320 e. The third-order valence-electron chi connectivity index (χ3n) is 2.07. The summed E-state index contributed by atoms with van der Waals surface area (Å²) in [5, 5.41) is 3.15. The third-order valence-corrected chi connectivity index (χ3v) is 2.07. The summed E-state index contributed by atoms with van der Waals surface area (Å²) in [4.78, 5) is 13.0. The molecule has 4 nitrogen and oxygen atoms in total. The first kappa shape index (κ1) is 9.48. The first-order valence-corrected chi connectivity index (χ1v) is 4.30. The fraction of sp³-hybridized carbons (Fsp3) is 0.875. The van der Waals surface area contributed by atoms with E-state index < -0.39 is 0 Å². The van der Waals surface area contributed by atoms with Crippen molar-refractivity contribution in [3.8, 4) is 0 Å². The molecule has 0 amide bonds. The van der Waals surface area contributed by atoms with E-state index in [-0.39, 0.29) is 5.97 Å². The molecule has 0 atom stereocenters. The van der Waals surface area contributed by atoms with Crippen LogP contribution in [0, 0.1) is 0 Å². The summed E-state index contributed by atoms with van der Waals surface area (Å²) in [6.07, 6.45) is 0. The molecule has 1 aliphatic rings. The number of likely N-dealkylation sites (N-methyl/N-ethyl adjacent to an activating group) is 1. The van der Waals surface area contributed by atoms with E-state index in [1.54, 1.807) is 0 Å². The number of nitrogens with zero attached hydrogens (tertiary/aromatic N) is 1. The molecule has 1 heterocycles. The Balaban J connectivity index is 2.15. The Morgan fingerprint density at radius 2 is 2.33 bits per heavy atom. The SMILES string of the molecule is CCOC(=O)CN(C)C1CNC1. The van der Waals surface area contributed by atoms with E-state index in [1.165, 1.54) is 0 Å². The van der Waals surface area contributed by atoms with Gasteiger partial charge in [-0.05, 0) is 14.0 Å². The molecule has 0 radical (unpaired) electrons. The van der Waals surface area contributed by atoms with E-state index in [9.17, 15) is 4.79 Å². The van der Waals surface area contributed by atoms with Crippen LogP contribution in [0.5, 0.6) is 0 Å². The molecule has 0 spiro atoms. The maximum Gasteiger partial charge on any atom is 0.320 e. The molecule has 4 heteroatoms. The van der Waals surface area contributed by atoms with Crippen molar-refractivity contribution in [2.24, 2.45) is 0 Å². The third kappa shape index (κ3) is 2.46. The van der Waals surface area contributed by atoms with Gasteiger partial charge in [-0.3, -0.25) is 9.69 Å². The highest BCUT2D eigenvalue weighted by molar-refractivity contribution is 5.71. The second kappa shape index (κ2) is 4.42. The van der Waals surface area contributed by atoms with Crippen molar-refractivity contribution in [2.45, 2.75) is 13.0 Å². The molecule has 0 bridgehead atoms. The van der Waals surface area contributed by atoms with Gasteiger partial charge in [0.15, 0.2) is 0 Å². The van der Waals surface area contributed by atoms with Gasteiger partial charge < -0.3 is 10.1 Å². The van der Waals surface area contributed by atoms with Gasteiger partial charge in [-0.2, -0.15) is 0 Å². The van der Waals surface area contributed by atoms with Crippen molar-refractivity contribution >= 4 is 5.97 Å². The molecular weight excluding hydrogens is 156 g/mol. The number of carbonyl (C=O) groups excluding carboxylic acids is 1. The molecule has 1 aliphatic heterocycles. The van der Waals surface area contributed by atoms with Crippen molar-refractivity contribution < 1.29 is 9.53 Å². The van der Waals surface area contributed by atoms with Crippen LogP contribution in [0.15, 0.2) is 0 Å². The Bertz CT molecular complexity index is 157. The van der Waals surface area contributed by atoms with E-state index in [4.69, 9.17) is 4.74 Å². The Kier molecular flexibility index (Phi) is 3.49. The Morgan fingerprint density at radius 1 is 1.67 bits per heavy atom. The van der Waals surface area contributed by atoms with Gasteiger partial charge >= 0.3 is 5.97 Å². The van der Waals surface area contributed by atoms with Crippen LogP contribution in [0.25, 0.3) is 0 Å². The highest BCUT2D eigenvalue weighted by Crippen LogP contribution is 2.01. The second-order valence-corrected chi connectivity index (χ2v) is 3.03. The molecule has 1 rings (SSSR count).